The van der Waals surface area contributed by atoms with Gasteiger partial charge in [0.05, 0.1) is 0 Å². The van der Waals surface area contributed by atoms with Crippen molar-refractivity contribution < 1.29 is 9.13 Å². The van der Waals surface area contributed by atoms with Crippen molar-refractivity contribution in [3.8, 4) is 11.4 Å². The SMILES string of the molecule is CC(C)Cc1cc[n+](C)c(-c2cc(C(C)(C)C)cc[n+]2C)c1. The summed E-state index contributed by atoms with van der Waals surface area (Å²) in [6, 6.07) is 9.12. The van der Waals surface area contributed by atoms with E-state index in [0.717, 1.165) is 6.42 Å². The first kappa shape index (κ1) is 16.7. The Bertz CT molecular complexity index is 664. The van der Waals surface area contributed by atoms with E-state index in [1.54, 1.807) is 0 Å². The standard InChI is InChI=1S/C20H30N2/c1-15(2)12-16-8-10-21(6)18(13-16)19-14-17(20(3,4)5)9-11-22(19)7/h8-11,13-15H,12H2,1-7H3/q+2. The Morgan fingerprint density at radius 2 is 1.45 bits per heavy atom. The zero-order chi connectivity index (χ0) is 16.5. The van der Waals surface area contributed by atoms with Gasteiger partial charge in [0.1, 0.15) is 14.1 Å². The molecule has 0 aliphatic rings. The van der Waals surface area contributed by atoms with Crippen molar-refractivity contribution in [2.24, 2.45) is 20.0 Å². The summed E-state index contributed by atoms with van der Waals surface area (Å²) in [5, 5.41) is 0. The maximum Gasteiger partial charge on any atom is 0.277 e. The lowest BCUT2D eigenvalue weighted by Gasteiger charge is -2.18. The minimum absolute atomic E-state index is 0.164. The van der Waals surface area contributed by atoms with E-state index in [4.69, 9.17) is 0 Å². The van der Waals surface area contributed by atoms with Gasteiger partial charge >= 0.3 is 0 Å². The number of aromatic nitrogens is 2. The highest BCUT2D eigenvalue weighted by Gasteiger charge is 2.24. The molecule has 0 bridgehead atoms. The molecule has 0 saturated heterocycles. The molecule has 2 nitrogen and oxygen atoms in total. The molecule has 0 radical (unpaired) electrons. The summed E-state index contributed by atoms with van der Waals surface area (Å²) >= 11 is 0. The zero-order valence-electron chi connectivity index (χ0n) is 15.1. The summed E-state index contributed by atoms with van der Waals surface area (Å²) in [5.74, 6) is 0.676. The van der Waals surface area contributed by atoms with Crippen LogP contribution in [0.2, 0.25) is 0 Å². The molecule has 0 spiro atoms. The number of nitrogens with zero attached hydrogens (tertiary/aromatic N) is 2. The molecule has 0 aromatic carbocycles. The van der Waals surface area contributed by atoms with E-state index in [2.05, 4.69) is 94.5 Å². The minimum Gasteiger partial charge on any atom is -0.196 e. The van der Waals surface area contributed by atoms with Crippen LogP contribution in [0.15, 0.2) is 36.7 Å². The molecule has 0 atom stereocenters. The molecule has 0 aliphatic heterocycles. The summed E-state index contributed by atoms with van der Waals surface area (Å²) in [5.41, 5.74) is 5.48. The predicted octanol–water partition coefficient (Wildman–Crippen LogP) is 3.50. The Balaban J connectivity index is 2.55. The Morgan fingerprint density at radius 1 is 0.909 bits per heavy atom. The lowest BCUT2D eigenvalue weighted by Crippen LogP contribution is -2.39. The third kappa shape index (κ3) is 3.73. The number of pyridine rings is 2. The van der Waals surface area contributed by atoms with Crippen LogP contribution in [0.25, 0.3) is 11.4 Å². The molecule has 0 fully saturated rings. The van der Waals surface area contributed by atoms with Crippen LogP contribution in [0.1, 0.15) is 45.7 Å². The molecule has 0 amide bonds. The lowest BCUT2D eigenvalue weighted by atomic mass is 9.87. The molecule has 0 saturated carbocycles. The van der Waals surface area contributed by atoms with Crippen molar-refractivity contribution in [3.05, 3.63) is 47.8 Å². The van der Waals surface area contributed by atoms with Gasteiger partial charge in [-0.05, 0) is 28.9 Å². The van der Waals surface area contributed by atoms with Gasteiger partial charge in [-0.2, -0.15) is 9.13 Å². The van der Waals surface area contributed by atoms with Gasteiger partial charge in [-0.3, -0.25) is 0 Å². The normalized spacial score (nSPS) is 12.0. The van der Waals surface area contributed by atoms with Crippen LogP contribution in [0.5, 0.6) is 0 Å². The van der Waals surface area contributed by atoms with Gasteiger partial charge in [0.25, 0.3) is 11.4 Å². The topological polar surface area (TPSA) is 7.76 Å². The van der Waals surface area contributed by atoms with Gasteiger partial charge in [0.2, 0.25) is 0 Å². The molecule has 2 aromatic heterocycles. The molecule has 118 valence electrons. The summed E-state index contributed by atoms with van der Waals surface area (Å²) in [6.45, 7) is 11.3. The third-order valence-corrected chi connectivity index (χ3v) is 4.14. The van der Waals surface area contributed by atoms with E-state index in [1.807, 2.05) is 0 Å². The molecular formula is C20H30N2+2. The molecular weight excluding hydrogens is 268 g/mol. The Labute approximate surface area is 135 Å². The average molecular weight is 298 g/mol. The monoisotopic (exact) mass is 298 g/mol. The van der Waals surface area contributed by atoms with Gasteiger partial charge in [-0.15, -0.1) is 0 Å². The molecule has 2 aromatic rings. The Hall–Kier alpha value is -1.70. The second-order valence-corrected chi connectivity index (χ2v) is 7.79. The smallest absolute Gasteiger partial charge is 0.196 e. The number of hydrogen-bond acceptors (Lipinski definition) is 0. The fraction of sp³-hybridized carbons (Fsp3) is 0.500. The van der Waals surface area contributed by atoms with Gasteiger partial charge in [-0.1, -0.05) is 34.6 Å². The van der Waals surface area contributed by atoms with Crippen LogP contribution in [0.4, 0.5) is 0 Å². The molecule has 2 heterocycles. The zero-order valence-corrected chi connectivity index (χ0v) is 15.1. The van der Waals surface area contributed by atoms with E-state index in [-0.39, 0.29) is 5.41 Å². The number of aryl methyl sites for hydroxylation is 2. The van der Waals surface area contributed by atoms with E-state index in [9.17, 15) is 0 Å². The van der Waals surface area contributed by atoms with Crippen molar-refractivity contribution in [2.45, 2.75) is 46.5 Å². The summed E-state index contributed by atoms with van der Waals surface area (Å²) < 4.78 is 4.43. The first-order valence-corrected chi connectivity index (χ1v) is 8.17. The van der Waals surface area contributed by atoms with Crippen LogP contribution < -0.4 is 9.13 Å². The highest BCUT2D eigenvalue weighted by atomic mass is 15.0. The van der Waals surface area contributed by atoms with Gasteiger partial charge in [0.15, 0.2) is 12.4 Å². The fourth-order valence-electron chi connectivity index (χ4n) is 2.76. The van der Waals surface area contributed by atoms with E-state index >= 15 is 0 Å². The van der Waals surface area contributed by atoms with Crippen LogP contribution in [0.3, 0.4) is 0 Å². The molecule has 2 heteroatoms. The van der Waals surface area contributed by atoms with Gasteiger partial charge < -0.3 is 0 Å². The van der Waals surface area contributed by atoms with Crippen molar-refractivity contribution in [3.63, 3.8) is 0 Å². The largest absolute Gasteiger partial charge is 0.277 e. The fourth-order valence-corrected chi connectivity index (χ4v) is 2.76. The lowest BCUT2D eigenvalue weighted by molar-refractivity contribution is -0.690. The summed E-state index contributed by atoms with van der Waals surface area (Å²) in [7, 11) is 4.25. The van der Waals surface area contributed by atoms with E-state index < -0.39 is 0 Å². The number of hydrogen-bond donors (Lipinski definition) is 0. The van der Waals surface area contributed by atoms with Crippen molar-refractivity contribution >= 4 is 0 Å². The molecule has 0 N–H and O–H groups in total. The molecule has 0 aliphatic carbocycles. The van der Waals surface area contributed by atoms with Gasteiger partial charge in [-0.25, -0.2) is 0 Å². The van der Waals surface area contributed by atoms with Crippen molar-refractivity contribution in [1.82, 2.24) is 0 Å². The number of rotatable bonds is 3. The Morgan fingerprint density at radius 3 is 2.00 bits per heavy atom. The van der Waals surface area contributed by atoms with Crippen molar-refractivity contribution in [2.75, 3.05) is 0 Å². The van der Waals surface area contributed by atoms with E-state index in [0.29, 0.717) is 5.92 Å². The first-order valence-electron chi connectivity index (χ1n) is 8.17. The second-order valence-electron chi connectivity index (χ2n) is 7.79. The van der Waals surface area contributed by atoms with Crippen LogP contribution in [-0.2, 0) is 25.9 Å². The summed E-state index contributed by atoms with van der Waals surface area (Å²) in [4.78, 5) is 0. The highest BCUT2D eigenvalue weighted by Crippen LogP contribution is 2.24. The maximum atomic E-state index is 2.34. The third-order valence-electron chi connectivity index (χ3n) is 4.14. The average Bonchev–Trinajstić information content (AvgIpc) is 2.40. The van der Waals surface area contributed by atoms with Crippen LogP contribution in [0, 0.1) is 5.92 Å². The highest BCUT2D eigenvalue weighted by molar-refractivity contribution is 5.50. The first-order chi connectivity index (χ1) is 10.2. The van der Waals surface area contributed by atoms with Crippen LogP contribution >= 0.6 is 0 Å². The molecule has 0 unspecified atom stereocenters. The molecule has 2 rings (SSSR count). The molecule has 22 heavy (non-hydrogen) atoms. The predicted molar refractivity (Wildman–Crippen MR) is 91.5 cm³/mol. The maximum absolute atomic E-state index is 2.34. The van der Waals surface area contributed by atoms with Crippen LogP contribution in [-0.4, -0.2) is 0 Å². The quantitative estimate of drug-likeness (QED) is 0.766. The summed E-state index contributed by atoms with van der Waals surface area (Å²) in [6.07, 6.45) is 5.47. The Kier molecular flexibility index (Phi) is 4.69. The second kappa shape index (κ2) is 6.20. The van der Waals surface area contributed by atoms with Gasteiger partial charge in [0, 0.05) is 24.3 Å². The minimum atomic E-state index is 0.164. The van der Waals surface area contributed by atoms with Crippen molar-refractivity contribution in [1.29, 1.82) is 0 Å². The van der Waals surface area contributed by atoms with E-state index in [1.165, 1.54) is 22.5 Å².